The lowest BCUT2D eigenvalue weighted by atomic mass is 10.5. The van der Waals surface area contributed by atoms with Crippen molar-refractivity contribution in [2.75, 3.05) is 30.9 Å². The molecule has 0 aliphatic heterocycles. The van der Waals surface area contributed by atoms with Gasteiger partial charge in [-0.3, -0.25) is 0 Å². The summed E-state index contributed by atoms with van der Waals surface area (Å²) in [6.45, 7) is 2.88. The third kappa shape index (κ3) is 2.55. The van der Waals surface area contributed by atoms with Crippen LogP contribution in [0.25, 0.3) is 0 Å². The Balaban J connectivity index is 2.97. The smallest absolute Gasteiger partial charge is 0.226 e. The minimum Gasteiger partial charge on any atom is -0.369 e. The second kappa shape index (κ2) is 4.41. The molecule has 5 heteroatoms. The maximum Gasteiger partial charge on any atom is 0.226 e. The van der Waals surface area contributed by atoms with Crippen molar-refractivity contribution < 1.29 is 0 Å². The van der Waals surface area contributed by atoms with Crippen molar-refractivity contribution >= 4 is 27.7 Å². The highest BCUT2D eigenvalue weighted by Gasteiger charge is 2.04. The molecule has 72 valence electrons. The zero-order chi connectivity index (χ0) is 9.84. The van der Waals surface area contributed by atoms with Crippen molar-refractivity contribution in [3.63, 3.8) is 0 Å². The fourth-order valence-corrected chi connectivity index (χ4v) is 1.20. The maximum absolute atomic E-state index is 4.32. The molecule has 13 heavy (non-hydrogen) atoms. The van der Waals surface area contributed by atoms with Crippen LogP contribution in [0.3, 0.4) is 0 Å². The van der Waals surface area contributed by atoms with E-state index in [1.165, 1.54) is 0 Å². The minimum absolute atomic E-state index is 0.708. The molecule has 0 unspecified atom stereocenters. The van der Waals surface area contributed by atoms with Crippen molar-refractivity contribution in [2.24, 2.45) is 0 Å². The van der Waals surface area contributed by atoms with Gasteiger partial charge in [-0.05, 0) is 22.9 Å². The monoisotopic (exact) mass is 244 g/mol. The van der Waals surface area contributed by atoms with Crippen LogP contribution in [-0.4, -0.2) is 30.6 Å². The molecule has 1 rings (SSSR count). The first-order valence-electron chi connectivity index (χ1n) is 4.09. The Hall–Kier alpha value is -0.840. The van der Waals surface area contributed by atoms with Crippen LogP contribution in [0.2, 0.25) is 0 Å². The van der Waals surface area contributed by atoms with Gasteiger partial charge in [0.05, 0.1) is 4.47 Å². The predicted molar refractivity (Wildman–Crippen MR) is 58.2 cm³/mol. The third-order valence-electron chi connectivity index (χ3n) is 1.48. The number of halogens is 1. The summed E-state index contributed by atoms with van der Waals surface area (Å²) in [6.07, 6.45) is 1.75. The number of rotatable bonds is 3. The number of hydrogen-bond acceptors (Lipinski definition) is 4. The highest BCUT2D eigenvalue weighted by atomic mass is 79.9. The Morgan fingerprint density at radius 2 is 2.23 bits per heavy atom. The average molecular weight is 245 g/mol. The van der Waals surface area contributed by atoms with Gasteiger partial charge in [0, 0.05) is 26.8 Å². The summed E-state index contributed by atoms with van der Waals surface area (Å²) in [4.78, 5) is 10.3. The van der Waals surface area contributed by atoms with E-state index in [1.807, 2.05) is 25.9 Å². The standard InChI is InChI=1S/C8H13BrN4/c1-4-10-7-6(9)5-11-8(12-7)13(2)3/h5H,4H2,1-3H3,(H,10,11,12). The molecule has 0 amide bonds. The van der Waals surface area contributed by atoms with Crippen molar-refractivity contribution in [1.82, 2.24) is 9.97 Å². The quantitative estimate of drug-likeness (QED) is 0.880. The van der Waals surface area contributed by atoms with Crippen LogP contribution in [0.5, 0.6) is 0 Å². The SMILES string of the molecule is CCNc1nc(N(C)C)ncc1Br. The molecule has 0 aliphatic rings. The van der Waals surface area contributed by atoms with Crippen LogP contribution in [0.15, 0.2) is 10.7 Å². The lowest BCUT2D eigenvalue weighted by Crippen LogP contribution is -2.14. The molecule has 1 aromatic heterocycles. The highest BCUT2D eigenvalue weighted by Crippen LogP contribution is 2.20. The Kier molecular flexibility index (Phi) is 3.48. The van der Waals surface area contributed by atoms with Gasteiger partial charge < -0.3 is 10.2 Å². The van der Waals surface area contributed by atoms with Crippen molar-refractivity contribution in [1.29, 1.82) is 0 Å². The number of nitrogens with zero attached hydrogens (tertiary/aromatic N) is 3. The molecule has 0 aliphatic carbocycles. The molecule has 1 heterocycles. The maximum atomic E-state index is 4.32. The molecule has 1 aromatic rings. The van der Waals surface area contributed by atoms with Gasteiger partial charge in [0.25, 0.3) is 0 Å². The fourth-order valence-electron chi connectivity index (χ4n) is 0.865. The molecular formula is C8H13BrN4. The van der Waals surface area contributed by atoms with Gasteiger partial charge in [-0.15, -0.1) is 0 Å². The van der Waals surface area contributed by atoms with Crippen LogP contribution >= 0.6 is 15.9 Å². The van der Waals surface area contributed by atoms with Crippen molar-refractivity contribution in [3.05, 3.63) is 10.7 Å². The molecule has 0 fully saturated rings. The van der Waals surface area contributed by atoms with Crippen LogP contribution in [-0.2, 0) is 0 Å². The summed E-state index contributed by atoms with van der Waals surface area (Å²) in [7, 11) is 3.83. The van der Waals surface area contributed by atoms with Gasteiger partial charge >= 0.3 is 0 Å². The summed E-state index contributed by atoms with van der Waals surface area (Å²) in [5.74, 6) is 1.54. The Labute approximate surface area is 86.5 Å². The highest BCUT2D eigenvalue weighted by molar-refractivity contribution is 9.10. The lowest BCUT2D eigenvalue weighted by molar-refractivity contribution is 0.987. The molecule has 0 saturated carbocycles. The third-order valence-corrected chi connectivity index (χ3v) is 2.06. The van der Waals surface area contributed by atoms with E-state index in [1.54, 1.807) is 6.20 Å². The van der Waals surface area contributed by atoms with Gasteiger partial charge in [0.15, 0.2) is 0 Å². The number of anilines is 2. The van der Waals surface area contributed by atoms with E-state index < -0.39 is 0 Å². The molecule has 0 saturated heterocycles. The van der Waals surface area contributed by atoms with E-state index in [0.717, 1.165) is 16.8 Å². The van der Waals surface area contributed by atoms with Gasteiger partial charge in [0.1, 0.15) is 5.82 Å². The number of hydrogen-bond donors (Lipinski definition) is 1. The van der Waals surface area contributed by atoms with Crippen LogP contribution < -0.4 is 10.2 Å². The molecule has 0 aromatic carbocycles. The zero-order valence-corrected chi connectivity index (χ0v) is 9.59. The van der Waals surface area contributed by atoms with E-state index in [-0.39, 0.29) is 0 Å². The molecule has 0 radical (unpaired) electrons. The van der Waals surface area contributed by atoms with Gasteiger partial charge in [-0.25, -0.2) is 4.98 Å². The number of aromatic nitrogens is 2. The van der Waals surface area contributed by atoms with Crippen molar-refractivity contribution in [2.45, 2.75) is 6.92 Å². The molecule has 0 atom stereocenters. The summed E-state index contributed by atoms with van der Waals surface area (Å²) in [6, 6.07) is 0. The van der Waals surface area contributed by atoms with E-state index in [4.69, 9.17) is 0 Å². The first kappa shape index (κ1) is 10.2. The molecule has 0 bridgehead atoms. The normalized spacial score (nSPS) is 9.85. The van der Waals surface area contributed by atoms with Crippen molar-refractivity contribution in [3.8, 4) is 0 Å². The summed E-state index contributed by atoms with van der Waals surface area (Å²) in [5, 5.41) is 3.15. The summed E-state index contributed by atoms with van der Waals surface area (Å²) >= 11 is 3.37. The van der Waals surface area contributed by atoms with Crippen LogP contribution in [0, 0.1) is 0 Å². The fraction of sp³-hybridized carbons (Fsp3) is 0.500. The average Bonchev–Trinajstić information content (AvgIpc) is 2.08. The van der Waals surface area contributed by atoms with Crippen LogP contribution in [0.4, 0.5) is 11.8 Å². The predicted octanol–water partition coefficient (Wildman–Crippen LogP) is 1.74. The topological polar surface area (TPSA) is 41.1 Å². The van der Waals surface area contributed by atoms with Gasteiger partial charge in [-0.2, -0.15) is 4.98 Å². The van der Waals surface area contributed by atoms with Crippen LogP contribution in [0.1, 0.15) is 6.92 Å². The van der Waals surface area contributed by atoms with E-state index in [9.17, 15) is 0 Å². The molecule has 4 nitrogen and oxygen atoms in total. The Bertz CT molecular complexity index is 287. The molecule has 1 N–H and O–H groups in total. The first-order valence-corrected chi connectivity index (χ1v) is 4.88. The van der Waals surface area contributed by atoms with E-state index >= 15 is 0 Å². The van der Waals surface area contributed by atoms with Gasteiger partial charge in [-0.1, -0.05) is 0 Å². The second-order valence-corrected chi connectivity index (χ2v) is 3.65. The first-order chi connectivity index (χ1) is 6.15. The Morgan fingerprint density at radius 3 is 2.77 bits per heavy atom. The van der Waals surface area contributed by atoms with E-state index in [0.29, 0.717) is 5.95 Å². The zero-order valence-electron chi connectivity index (χ0n) is 8.00. The van der Waals surface area contributed by atoms with Gasteiger partial charge in [0.2, 0.25) is 5.95 Å². The summed E-state index contributed by atoms with van der Waals surface area (Å²) in [5.41, 5.74) is 0. The van der Waals surface area contributed by atoms with E-state index in [2.05, 4.69) is 31.2 Å². The molecular weight excluding hydrogens is 232 g/mol. The Morgan fingerprint density at radius 1 is 1.54 bits per heavy atom. The minimum atomic E-state index is 0.708. The lowest BCUT2D eigenvalue weighted by Gasteiger charge is -2.12. The summed E-state index contributed by atoms with van der Waals surface area (Å²) < 4.78 is 0.889. The molecule has 0 spiro atoms. The second-order valence-electron chi connectivity index (χ2n) is 2.79. The largest absolute Gasteiger partial charge is 0.369 e. The number of nitrogens with one attached hydrogen (secondary N) is 1.